The first-order chi connectivity index (χ1) is 14.7. The summed E-state index contributed by atoms with van der Waals surface area (Å²) < 4.78 is 18.5. The fourth-order valence-electron chi connectivity index (χ4n) is 4.82. The van der Waals surface area contributed by atoms with Crippen LogP contribution in [-0.4, -0.2) is 42.3 Å². The Morgan fingerprint density at radius 2 is 2.00 bits per heavy atom. The number of nitrogens with one attached hydrogen (secondary N) is 1. The molecule has 1 unspecified atom stereocenters. The Hall–Kier alpha value is -2.65. The third kappa shape index (κ3) is 2.79. The predicted octanol–water partition coefficient (Wildman–Crippen LogP) is 3.13. The van der Waals surface area contributed by atoms with Crippen LogP contribution in [0.3, 0.4) is 0 Å². The van der Waals surface area contributed by atoms with E-state index in [1.807, 2.05) is 45.0 Å². The minimum absolute atomic E-state index is 0.152. The van der Waals surface area contributed by atoms with Crippen molar-refractivity contribution in [3.05, 3.63) is 51.8 Å². The quantitative estimate of drug-likeness (QED) is 0.674. The van der Waals surface area contributed by atoms with E-state index < -0.39 is 16.6 Å². The van der Waals surface area contributed by atoms with Gasteiger partial charge in [-0.1, -0.05) is 0 Å². The highest BCUT2D eigenvalue weighted by atomic mass is 79.9. The number of nitrogens with zero attached hydrogens (tertiary/aromatic N) is 2. The number of hydrogen-bond donors (Lipinski definition) is 2. The molecule has 0 bridgehead atoms. The summed E-state index contributed by atoms with van der Waals surface area (Å²) in [6, 6.07) is 7.56. The average molecular weight is 487 g/mol. The van der Waals surface area contributed by atoms with Crippen LogP contribution >= 0.6 is 15.9 Å². The number of fused-ring (bicyclic) bond motifs is 3. The highest BCUT2D eigenvalue weighted by Crippen LogP contribution is 2.62. The standard InChI is InChI=1S/C22H23BrN4O4/c1-12-6-13(23)8-25-17(12)18(28)26-14-4-5-16-15(7-14)22(11-30-19(24)27-22)21(9-29-10-21)20(2,3)31-16/h4-8H,9-11H2,1-3H3,(H2,24,27)(H,26,28). The lowest BCUT2D eigenvalue weighted by molar-refractivity contribution is -0.247. The lowest BCUT2D eigenvalue weighted by atomic mass is 9.55. The topological polar surface area (TPSA) is 108 Å². The number of rotatable bonds is 2. The number of aromatic nitrogens is 1. The van der Waals surface area contributed by atoms with Gasteiger partial charge in [0.05, 0.1) is 18.6 Å². The SMILES string of the molecule is Cc1cc(Br)cnc1C(=O)Nc1ccc2c(c1)C1(COC(N)=N1)C1(COC1)C(C)(C)O2. The maximum atomic E-state index is 12.9. The Balaban J connectivity index is 1.56. The summed E-state index contributed by atoms with van der Waals surface area (Å²) in [5.41, 5.74) is 6.84. The van der Waals surface area contributed by atoms with Crippen LogP contribution in [0.1, 0.15) is 35.5 Å². The first-order valence-corrected chi connectivity index (χ1v) is 10.8. The monoisotopic (exact) mass is 486 g/mol. The molecular weight excluding hydrogens is 464 g/mol. The van der Waals surface area contributed by atoms with Gasteiger partial charge >= 0.3 is 0 Å². The number of aliphatic imine (C=N–C) groups is 1. The minimum Gasteiger partial charge on any atom is -0.487 e. The number of carbonyl (C=O) groups is 1. The second kappa shape index (κ2) is 6.67. The van der Waals surface area contributed by atoms with Crippen molar-refractivity contribution in [2.24, 2.45) is 16.1 Å². The number of aryl methyl sites for hydroxylation is 1. The van der Waals surface area contributed by atoms with E-state index >= 15 is 0 Å². The first kappa shape index (κ1) is 20.3. The maximum absolute atomic E-state index is 12.9. The highest BCUT2D eigenvalue weighted by Gasteiger charge is 2.71. The number of halogens is 1. The Kier molecular flexibility index (Phi) is 4.36. The summed E-state index contributed by atoms with van der Waals surface area (Å²) in [5, 5.41) is 2.95. The number of nitrogens with two attached hydrogens (primary N) is 1. The molecule has 3 N–H and O–H groups in total. The van der Waals surface area contributed by atoms with Crippen molar-refractivity contribution in [1.29, 1.82) is 0 Å². The van der Waals surface area contributed by atoms with Crippen molar-refractivity contribution in [2.45, 2.75) is 31.9 Å². The molecule has 3 aliphatic heterocycles. The molecule has 0 radical (unpaired) electrons. The van der Waals surface area contributed by atoms with Crippen molar-refractivity contribution < 1.29 is 19.0 Å². The van der Waals surface area contributed by atoms with Crippen LogP contribution in [0.2, 0.25) is 0 Å². The van der Waals surface area contributed by atoms with Crippen LogP contribution in [0.4, 0.5) is 5.69 Å². The molecule has 3 aliphatic rings. The molecule has 1 aromatic heterocycles. The van der Waals surface area contributed by atoms with Crippen molar-refractivity contribution in [2.75, 3.05) is 25.1 Å². The van der Waals surface area contributed by atoms with Gasteiger partial charge in [0, 0.05) is 21.9 Å². The Morgan fingerprint density at radius 1 is 1.23 bits per heavy atom. The zero-order chi connectivity index (χ0) is 22.0. The molecular formula is C22H23BrN4O4. The molecule has 1 atom stereocenters. The number of amides is 1. The molecule has 162 valence electrons. The van der Waals surface area contributed by atoms with Crippen molar-refractivity contribution in [3.8, 4) is 5.75 Å². The summed E-state index contributed by atoms with van der Waals surface area (Å²) in [6.45, 7) is 7.20. The van der Waals surface area contributed by atoms with Crippen LogP contribution < -0.4 is 15.8 Å². The molecule has 8 nitrogen and oxygen atoms in total. The normalized spacial score (nSPS) is 24.6. The molecule has 5 rings (SSSR count). The van der Waals surface area contributed by atoms with E-state index in [1.165, 1.54) is 0 Å². The Morgan fingerprint density at radius 3 is 2.61 bits per heavy atom. The molecule has 1 fully saturated rings. The molecule has 1 amide bonds. The number of benzene rings is 1. The molecule has 31 heavy (non-hydrogen) atoms. The number of ether oxygens (including phenoxy) is 3. The molecule has 0 saturated carbocycles. The molecule has 9 heteroatoms. The zero-order valence-electron chi connectivity index (χ0n) is 17.5. The summed E-state index contributed by atoms with van der Waals surface area (Å²) in [4.78, 5) is 21.9. The highest BCUT2D eigenvalue weighted by molar-refractivity contribution is 9.10. The van der Waals surface area contributed by atoms with E-state index in [4.69, 9.17) is 24.9 Å². The fourth-order valence-corrected chi connectivity index (χ4v) is 5.27. The molecule has 2 spiro atoms. The number of hydrogen-bond acceptors (Lipinski definition) is 7. The number of pyridine rings is 1. The van der Waals surface area contributed by atoms with Gasteiger partial charge in [0.25, 0.3) is 11.9 Å². The van der Waals surface area contributed by atoms with Crippen molar-refractivity contribution >= 4 is 33.5 Å². The van der Waals surface area contributed by atoms with Gasteiger partial charge in [0.15, 0.2) is 0 Å². The fraction of sp³-hybridized carbons (Fsp3) is 0.409. The van der Waals surface area contributed by atoms with Crippen molar-refractivity contribution in [3.63, 3.8) is 0 Å². The van der Waals surface area contributed by atoms with Crippen LogP contribution in [0.15, 0.2) is 39.9 Å². The van der Waals surface area contributed by atoms with E-state index in [1.54, 1.807) is 6.20 Å². The van der Waals surface area contributed by atoms with E-state index in [-0.39, 0.29) is 11.9 Å². The summed E-state index contributed by atoms with van der Waals surface area (Å²) >= 11 is 3.37. The first-order valence-electron chi connectivity index (χ1n) is 10.0. The third-order valence-corrected chi connectivity index (χ3v) is 7.11. The van der Waals surface area contributed by atoms with Gasteiger partial charge < -0.3 is 25.3 Å². The van der Waals surface area contributed by atoms with Gasteiger partial charge in [-0.15, -0.1) is 0 Å². The Bertz CT molecular complexity index is 1130. The largest absolute Gasteiger partial charge is 0.487 e. The van der Waals surface area contributed by atoms with Gasteiger partial charge in [-0.25, -0.2) is 9.98 Å². The second-order valence-electron chi connectivity index (χ2n) is 8.77. The van der Waals surface area contributed by atoms with E-state index in [0.717, 1.165) is 15.6 Å². The Labute approximate surface area is 188 Å². The minimum atomic E-state index is -0.751. The van der Waals surface area contributed by atoms with Gasteiger partial charge in [-0.3, -0.25) is 4.79 Å². The van der Waals surface area contributed by atoms with Gasteiger partial charge in [0.1, 0.15) is 29.2 Å². The second-order valence-corrected chi connectivity index (χ2v) is 9.69. The third-order valence-electron chi connectivity index (χ3n) is 6.68. The average Bonchev–Trinajstić information content (AvgIpc) is 3.03. The van der Waals surface area contributed by atoms with Crippen LogP contribution in [0.25, 0.3) is 0 Å². The number of anilines is 1. The molecule has 0 aliphatic carbocycles. The molecule has 1 saturated heterocycles. The van der Waals surface area contributed by atoms with Gasteiger partial charge in [0.2, 0.25) is 0 Å². The van der Waals surface area contributed by atoms with E-state index in [0.29, 0.717) is 37.0 Å². The molecule has 2 aromatic rings. The lowest BCUT2D eigenvalue weighted by Crippen LogP contribution is -2.71. The van der Waals surface area contributed by atoms with Crippen LogP contribution in [-0.2, 0) is 15.0 Å². The van der Waals surface area contributed by atoms with Crippen LogP contribution in [0.5, 0.6) is 5.75 Å². The smallest absolute Gasteiger partial charge is 0.283 e. The maximum Gasteiger partial charge on any atom is 0.283 e. The van der Waals surface area contributed by atoms with Crippen LogP contribution in [0, 0.1) is 12.3 Å². The summed E-state index contributed by atoms with van der Waals surface area (Å²) in [5.74, 6) is 0.406. The number of amidine groups is 1. The lowest BCUT2D eigenvalue weighted by Gasteiger charge is -2.61. The van der Waals surface area contributed by atoms with Gasteiger partial charge in [-0.05, 0) is 66.5 Å². The van der Waals surface area contributed by atoms with Crippen molar-refractivity contribution in [1.82, 2.24) is 4.98 Å². The zero-order valence-corrected chi connectivity index (χ0v) is 19.1. The predicted molar refractivity (Wildman–Crippen MR) is 118 cm³/mol. The van der Waals surface area contributed by atoms with E-state index in [2.05, 4.69) is 26.2 Å². The van der Waals surface area contributed by atoms with Gasteiger partial charge in [-0.2, -0.15) is 0 Å². The summed E-state index contributed by atoms with van der Waals surface area (Å²) in [6.07, 6.45) is 1.60. The van der Waals surface area contributed by atoms with E-state index in [9.17, 15) is 4.79 Å². The molecule has 4 heterocycles. The number of carbonyl (C=O) groups excluding carboxylic acids is 1. The molecule has 1 aromatic carbocycles. The summed E-state index contributed by atoms with van der Waals surface area (Å²) in [7, 11) is 0.